The Labute approximate surface area is 128 Å². The molecule has 1 aromatic rings. The van der Waals surface area contributed by atoms with Crippen molar-refractivity contribution in [1.82, 2.24) is 4.90 Å². The van der Waals surface area contributed by atoms with Crippen LogP contribution in [-0.4, -0.2) is 42.5 Å². The second-order valence-corrected chi connectivity index (χ2v) is 6.12. The number of hydrogen-bond acceptors (Lipinski definition) is 2. The Morgan fingerprint density at radius 2 is 2.19 bits per heavy atom. The van der Waals surface area contributed by atoms with Crippen LogP contribution < -0.4 is 10.2 Å². The molecule has 2 aliphatic rings. The summed E-state index contributed by atoms with van der Waals surface area (Å²) >= 11 is 6.11. The molecule has 1 saturated carbocycles. The summed E-state index contributed by atoms with van der Waals surface area (Å²) in [5, 5.41) is 2.70. The maximum absolute atomic E-state index is 12.2. The quantitative estimate of drug-likeness (QED) is 0.881. The lowest BCUT2D eigenvalue weighted by Gasteiger charge is -2.20. The van der Waals surface area contributed by atoms with Crippen molar-refractivity contribution in [2.24, 2.45) is 0 Å². The monoisotopic (exact) mass is 308 g/mol. The van der Waals surface area contributed by atoms with Crippen molar-refractivity contribution in [2.75, 3.05) is 24.7 Å². The van der Waals surface area contributed by atoms with Gasteiger partial charge in [-0.2, -0.15) is 0 Å². The van der Waals surface area contributed by atoms with Crippen LogP contribution in [0.2, 0.25) is 5.02 Å². The standard InChI is InChI=1S/C15H18ClN3O2/c1-10-12(16)3-2-4-13(10)19-9-18(8-15(19)21)14(20)7-17-11-5-6-11/h2-4,11,17H,5-9H2,1H3/p+1. The number of nitrogens with two attached hydrogens (primary N) is 1. The van der Waals surface area contributed by atoms with E-state index >= 15 is 0 Å². The number of quaternary nitrogens is 1. The summed E-state index contributed by atoms with van der Waals surface area (Å²) in [6.07, 6.45) is 2.39. The summed E-state index contributed by atoms with van der Waals surface area (Å²) in [7, 11) is 0. The van der Waals surface area contributed by atoms with E-state index in [1.165, 1.54) is 12.8 Å². The fraction of sp³-hybridized carbons (Fsp3) is 0.467. The molecule has 3 rings (SSSR count). The van der Waals surface area contributed by atoms with Gasteiger partial charge in [0, 0.05) is 23.6 Å². The van der Waals surface area contributed by atoms with E-state index in [1.807, 2.05) is 19.1 Å². The van der Waals surface area contributed by atoms with Gasteiger partial charge >= 0.3 is 0 Å². The number of rotatable bonds is 4. The Kier molecular flexibility index (Phi) is 3.87. The molecule has 0 bridgehead atoms. The second-order valence-electron chi connectivity index (χ2n) is 5.72. The summed E-state index contributed by atoms with van der Waals surface area (Å²) in [6, 6.07) is 6.10. The normalized spacial score (nSPS) is 18.5. The van der Waals surface area contributed by atoms with Gasteiger partial charge in [-0.05, 0) is 24.6 Å². The van der Waals surface area contributed by atoms with Crippen molar-refractivity contribution < 1.29 is 14.9 Å². The maximum atomic E-state index is 12.2. The number of benzene rings is 1. The van der Waals surface area contributed by atoms with E-state index in [1.54, 1.807) is 15.9 Å². The molecule has 1 aliphatic heterocycles. The first-order chi connectivity index (χ1) is 10.1. The van der Waals surface area contributed by atoms with E-state index in [2.05, 4.69) is 5.32 Å². The van der Waals surface area contributed by atoms with Crippen LogP contribution in [0.15, 0.2) is 18.2 Å². The summed E-state index contributed by atoms with van der Waals surface area (Å²) < 4.78 is 0. The molecule has 1 heterocycles. The molecule has 0 radical (unpaired) electrons. The largest absolute Gasteiger partial charge is 0.336 e. The number of hydrogen-bond donors (Lipinski definition) is 1. The zero-order valence-electron chi connectivity index (χ0n) is 12.0. The average molecular weight is 309 g/mol. The lowest BCUT2D eigenvalue weighted by atomic mass is 10.2. The van der Waals surface area contributed by atoms with Gasteiger partial charge in [-0.25, -0.2) is 0 Å². The SMILES string of the molecule is Cc1c(Cl)cccc1N1CN(C(=O)C[NH2+]C2CC2)CC1=O. The summed E-state index contributed by atoms with van der Waals surface area (Å²) in [5.74, 6) is -0.0300. The molecule has 2 amide bonds. The van der Waals surface area contributed by atoms with Crippen LogP contribution in [0.25, 0.3) is 0 Å². The zero-order valence-corrected chi connectivity index (χ0v) is 12.8. The van der Waals surface area contributed by atoms with E-state index in [0.717, 1.165) is 11.3 Å². The number of halogens is 1. The molecular weight excluding hydrogens is 290 g/mol. The van der Waals surface area contributed by atoms with Crippen molar-refractivity contribution >= 4 is 29.1 Å². The predicted octanol–water partition coefficient (Wildman–Crippen LogP) is 0.507. The topological polar surface area (TPSA) is 57.2 Å². The molecule has 0 aromatic heterocycles. The number of carbonyl (C=O) groups is 2. The molecule has 6 heteroatoms. The van der Waals surface area contributed by atoms with Gasteiger partial charge in [-0.15, -0.1) is 0 Å². The van der Waals surface area contributed by atoms with E-state index in [0.29, 0.717) is 24.3 Å². The zero-order chi connectivity index (χ0) is 15.0. The molecule has 112 valence electrons. The molecule has 0 atom stereocenters. The third kappa shape index (κ3) is 3.04. The van der Waals surface area contributed by atoms with Crippen LogP contribution in [0.1, 0.15) is 18.4 Å². The van der Waals surface area contributed by atoms with Crippen LogP contribution >= 0.6 is 11.6 Å². The number of nitrogens with zero attached hydrogens (tertiary/aromatic N) is 2. The fourth-order valence-electron chi connectivity index (χ4n) is 2.54. The summed E-state index contributed by atoms with van der Waals surface area (Å²) in [5.41, 5.74) is 1.65. The average Bonchev–Trinajstić information content (AvgIpc) is 3.21. The summed E-state index contributed by atoms with van der Waals surface area (Å²) in [6.45, 7) is 2.79. The third-order valence-electron chi connectivity index (χ3n) is 4.07. The highest BCUT2D eigenvalue weighted by molar-refractivity contribution is 6.31. The first-order valence-corrected chi connectivity index (χ1v) is 7.60. The van der Waals surface area contributed by atoms with Gasteiger partial charge in [0.15, 0.2) is 6.54 Å². The van der Waals surface area contributed by atoms with Crippen LogP contribution in [0.3, 0.4) is 0 Å². The van der Waals surface area contributed by atoms with Crippen molar-refractivity contribution in [3.8, 4) is 0 Å². The highest BCUT2D eigenvalue weighted by Gasteiger charge is 2.34. The Balaban J connectivity index is 1.69. The van der Waals surface area contributed by atoms with E-state index in [9.17, 15) is 9.59 Å². The number of anilines is 1. The molecule has 2 fully saturated rings. The first-order valence-electron chi connectivity index (χ1n) is 7.23. The first kappa shape index (κ1) is 14.4. The molecule has 1 aliphatic carbocycles. The molecule has 1 aromatic carbocycles. The third-order valence-corrected chi connectivity index (χ3v) is 4.48. The maximum Gasteiger partial charge on any atom is 0.279 e. The van der Waals surface area contributed by atoms with E-state index < -0.39 is 0 Å². The molecule has 21 heavy (non-hydrogen) atoms. The molecule has 0 unspecified atom stereocenters. The predicted molar refractivity (Wildman–Crippen MR) is 80.1 cm³/mol. The van der Waals surface area contributed by atoms with Gasteiger partial charge in [0.25, 0.3) is 5.91 Å². The Morgan fingerprint density at radius 1 is 1.43 bits per heavy atom. The van der Waals surface area contributed by atoms with E-state index in [4.69, 9.17) is 11.6 Å². The van der Waals surface area contributed by atoms with Gasteiger partial charge in [0.2, 0.25) is 5.91 Å². The minimum atomic E-state index is -0.0554. The van der Waals surface area contributed by atoms with Crippen LogP contribution in [-0.2, 0) is 9.59 Å². The molecule has 1 saturated heterocycles. The fourth-order valence-corrected chi connectivity index (χ4v) is 2.71. The van der Waals surface area contributed by atoms with Gasteiger partial charge in [-0.3, -0.25) is 14.5 Å². The van der Waals surface area contributed by atoms with Crippen molar-refractivity contribution in [1.29, 1.82) is 0 Å². The van der Waals surface area contributed by atoms with Gasteiger partial charge < -0.3 is 10.2 Å². The summed E-state index contributed by atoms with van der Waals surface area (Å²) in [4.78, 5) is 27.6. The van der Waals surface area contributed by atoms with Crippen molar-refractivity contribution in [3.63, 3.8) is 0 Å². The lowest BCUT2D eigenvalue weighted by molar-refractivity contribution is -0.658. The second kappa shape index (κ2) is 5.66. The van der Waals surface area contributed by atoms with Gasteiger partial charge in [0.05, 0.1) is 6.04 Å². The number of amides is 2. The Morgan fingerprint density at radius 3 is 2.90 bits per heavy atom. The van der Waals surface area contributed by atoms with Gasteiger partial charge in [0.1, 0.15) is 13.2 Å². The number of carbonyl (C=O) groups excluding carboxylic acids is 2. The minimum Gasteiger partial charge on any atom is -0.336 e. The van der Waals surface area contributed by atoms with E-state index in [-0.39, 0.29) is 18.4 Å². The van der Waals surface area contributed by atoms with Crippen LogP contribution in [0.5, 0.6) is 0 Å². The Hall–Kier alpha value is -1.59. The lowest BCUT2D eigenvalue weighted by Crippen LogP contribution is -2.88. The molecular formula is C15H19ClN3O2+. The van der Waals surface area contributed by atoms with Crippen molar-refractivity contribution in [2.45, 2.75) is 25.8 Å². The smallest absolute Gasteiger partial charge is 0.279 e. The van der Waals surface area contributed by atoms with Crippen LogP contribution in [0.4, 0.5) is 5.69 Å². The van der Waals surface area contributed by atoms with Crippen LogP contribution in [0, 0.1) is 6.92 Å². The van der Waals surface area contributed by atoms with Crippen molar-refractivity contribution in [3.05, 3.63) is 28.8 Å². The highest BCUT2D eigenvalue weighted by atomic mass is 35.5. The Bertz CT molecular complexity index is 586. The molecule has 2 N–H and O–H groups in total. The van der Waals surface area contributed by atoms with Gasteiger partial charge in [-0.1, -0.05) is 17.7 Å². The molecule has 5 nitrogen and oxygen atoms in total. The highest BCUT2D eigenvalue weighted by Crippen LogP contribution is 2.28. The molecule has 0 spiro atoms. The minimum absolute atomic E-state index is 0.0254.